The summed E-state index contributed by atoms with van der Waals surface area (Å²) < 4.78 is 0. The van der Waals surface area contributed by atoms with Gasteiger partial charge in [-0.3, -0.25) is 14.4 Å². The molecule has 8 nitrogen and oxygen atoms in total. The number of hydrogen-bond acceptors (Lipinski definition) is 6. The first-order valence-electron chi connectivity index (χ1n) is 7.81. The molecule has 0 aliphatic rings. The topological polar surface area (TPSA) is 142 Å². The molecule has 0 aromatic heterocycles. The number of nitrogens with zero attached hydrogens (tertiary/aromatic N) is 2. The van der Waals surface area contributed by atoms with Crippen LogP contribution in [-0.2, 0) is 9.59 Å². The van der Waals surface area contributed by atoms with Crippen LogP contribution in [0.2, 0.25) is 0 Å². The quantitative estimate of drug-likeness (QED) is 0.420. The molecule has 2 aromatic carbocycles. The van der Waals surface area contributed by atoms with E-state index in [-0.39, 0.29) is 16.8 Å². The molecule has 0 radical (unpaired) electrons. The molecular weight excluding hydrogens is 346 g/mol. The van der Waals surface area contributed by atoms with Gasteiger partial charge >= 0.3 is 0 Å². The van der Waals surface area contributed by atoms with Gasteiger partial charge in [0.05, 0.1) is 16.9 Å². The van der Waals surface area contributed by atoms with Crippen molar-refractivity contribution in [2.24, 2.45) is 5.73 Å². The minimum absolute atomic E-state index is 0.195. The van der Waals surface area contributed by atoms with Crippen LogP contribution >= 0.6 is 0 Å². The van der Waals surface area contributed by atoms with Gasteiger partial charge in [-0.2, -0.15) is 5.26 Å². The molecule has 0 saturated heterocycles. The fraction of sp³-hybridized carbons (Fsp3) is 0.0526. The summed E-state index contributed by atoms with van der Waals surface area (Å²) in [5, 5.41) is 12.1. The summed E-state index contributed by atoms with van der Waals surface area (Å²) in [6, 6.07) is 14.2. The van der Waals surface area contributed by atoms with E-state index in [1.807, 2.05) is 0 Å². The first-order chi connectivity index (χ1) is 12.8. The number of nitriles is 1. The maximum atomic E-state index is 12.7. The number of nitrogen functional groups attached to an aromatic ring is 1. The third-order valence-corrected chi connectivity index (χ3v) is 3.58. The van der Waals surface area contributed by atoms with Crippen LogP contribution in [0.1, 0.15) is 17.3 Å². The van der Waals surface area contributed by atoms with E-state index in [9.17, 15) is 19.6 Å². The number of carbonyl (C=O) groups excluding carboxylic acids is 3. The molecule has 0 atom stereocenters. The Morgan fingerprint density at radius 3 is 2.30 bits per heavy atom. The molecule has 27 heavy (non-hydrogen) atoms. The summed E-state index contributed by atoms with van der Waals surface area (Å²) in [5.41, 5.74) is 11.8. The van der Waals surface area contributed by atoms with Crippen molar-refractivity contribution in [1.82, 2.24) is 0 Å². The number of nitrogens with one attached hydrogen (secondary N) is 1. The first kappa shape index (κ1) is 19.2. The van der Waals surface area contributed by atoms with Gasteiger partial charge < -0.3 is 16.8 Å². The number of para-hydroxylation sites is 1. The van der Waals surface area contributed by atoms with Crippen molar-refractivity contribution in [1.29, 1.82) is 5.26 Å². The van der Waals surface area contributed by atoms with Gasteiger partial charge in [-0.25, -0.2) is 4.90 Å². The highest BCUT2D eigenvalue weighted by molar-refractivity contribution is 6.21. The Morgan fingerprint density at radius 1 is 1.11 bits per heavy atom. The largest absolute Gasteiger partial charge is 0.399 e. The van der Waals surface area contributed by atoms with Crippen LogP contribution in [0.5, 0.6) is 0 Å². The summed E-state index contributed by atoms with van der Waals surface area (Å²) >= 11 is 0. The van der Waals surface area contributed by atoms with Gasteiger partial charge in [-0.05, 0) is 36.4 Å². The van der Waals surface area contributed by atoms with Crippen LogP contribution in [0.25, 0.3) is 0 Å². The number of anilines is 3. The van der Waals surface area contributed by atoms with Crippen LogP contribution in [0, 0.1) is 11.3 Å². The summed E-state index contributed by atoms with van der Waals surface area (Å²) in [6.07, 6.45) is 1.12. The molecule has 2 rings (SSSR count). The van der Waals surface area contributed by atoms with Crippen molar-refractivity contribution in [3.63, 3.8) is 0 Å². The minimum Gasteiger partial charge on any atom is -0.399 e. The fourth-order valence-electron chi connectivity index (χ4n) is 2.30. The standard InChI is InChI=1S/C19H17N5O3/c1-12(25)24(15-8-6-14(21)7-9-15)19(27)13(10-20)11-23-17-5-3-2-4-16(17)18(22)26/h2-9,11,23H,21H2,1H3,(H2,22,26)/b13-11-. The molecule has 0 saturated carbocycles. The average molecular weight is 363 g/mol. The molecule has 136 valence electrons. The fourth-order valence-corrected chi connectivity index (χ4v) is 2.30. The van der Waals surface area contributed by atoms with Crippen LogP contribution in [0.3, 0.4) is 0 Å². The van der Waals surface area contributed by atoms with Gasteiger partial charge in [-0.15, -0.1) is 0 Å². The highest BCUT2D eigenvalue weighted by Crippen LogP contribution is 2.20. The van der Waals surface area contributed by atoms with Gasteiger partial charge in [0.1, 0.15) is 11.6 Å². The first-order valence-corrected chi connectivity index (χ1v) is 7.81. The van der Waals surface area contributed by atoms with Crippen LogP contribution < -0.4 is 21.7 Å². The molecular formula is C19H17N5O3. The highest BCUT2D eigenvalue weighted by atomic mass is 16.2. The SMILES string of the molecule is CC(=O)N(C(=O)/C(C#N)=C\Nc1ccccc1C(N)=O)c1ccc(N)cc1. The Balaban J connectivity index is 2.35. The van der Waals surface area contributed by atoms with Crippen molar-refractivity contribution in [3.8, 4) is 6.07 Å². The summed E-state index contributed by atoms with van der Waals surface area (Å²) in [4.78, 5) is 37.0. The molecule has 0 spiro atoms. The molecule has 0 aliphatic heterocycles. The molecule has 2 aromatic rings. The maximum absolute atomic E-state index is 12.7. The normalized spacial score (nSPS) is 10.6. The number of rotatable bonds is 5. The van der Waals surface area contributed by atoms with E-state index in [2.05, 4.69) is 5.32 Å². The summed E-state index contributed by atoms with van der Waals surface area (Å²) in [6.45, 7) is 1.21. The van der Waals surface area contributed by atoms with Crippen LogP contribution in [0.4, 0.5) is 17.1 Å². The smallest absolute Gasteiger partial charge is 0.277 e. The zero-order chi connectivity index (χ0) is 20.0. The lowest BCUT2D eigenvalue weighted by Crippen LogP contribution is -2.36. The Hall–Kier alpha value is -4.12. The molecule has 3 amide bonds. The van der Waals surface area contributed by atoms with Crippen molar-refractivity contribution in [2.45, 2.75) is 6.92 Å². The summed E-state index contributed by atoms with van der Waals surface area (Å²) in [7, 11) is 0. The van der Waals surface area contributed by atoms with E-state index < -0.39 is 17.7 Å². The third-order valence-electron chi connectivity index (χ3n) is 3.58. The molecule has 5 N–H and O–H groups in total. The Morgan fingerprint density at radius 2 is 1.74 bits per heavy atom. The molecule has 0 bridgehead atoms. The molecule has 8 heteroatoms. The van der Waals surface area contributed by atoms with Crippen molar-refractivity contribution >= 4 is 34.8 Å². The van der Waals surface area contributed by atoms with Gasteiger partial charge in [-0.1, -0.05) is 12.1 Å². The molecule has 0 aliphatic carbocycles. The van der Waals surface area contributed by atoms with Gasteiger partial charge in [0.25, 0.3) is 11.8 Å². The number of imide groups is 1. The second-order valence-corrected chi connectivity index (χ2v) is 5.48. The highest BCUT2D eigenvalue weighted by Gasteiger charge is 2.24. The van der Waals surface area contributed by atoms with Gasteiger partial charge in [0.2, 0.25) is 5.91 Å². The second-order valence-electron chi connectivity index (χ2n) is 5.48. The lowest BCUT2D eigenvalue weighted by molar-refractivity contribution is -0.123. The zero-order valence-corrected chi connectivity index (χ0v) is 14.5. The van der Waals surface area contributed by atoms with Crippen molar-refractivity contribution < 1.29 is 14.4 Å². The van der Waals surface area contributed by atoms with Crippen LogP contribution in [-0.4, -0.2) is 17.7 Å². The van der Waals surface area contributed by atoms with E-state index in [1.165, 1.54) is 37.3 Å². The maximum Gasteiger partial charge on any atom is 0.277 e. The number of benzene rings is 2. The van der Waals surface area contributed by atoms with Gasteiger partial charge in [0.15, 0.2) is 0 Å². The number of amides is 3. The lowest BCUT2D eigenvalue weighted by atomic mass is 10.1. The van der Waals surface area contributed by atoms with Crippen molar-refractivity contribution in [3.05, 3.63) is 65.9 Å². The molecule has 0 unspecified atom stereocenters. The van der Waals surface area contributed by atoms with Gasteiger partial charge in [0, 0.05) is 18.8 Å². The minimum atomic E-state index is -0.821. The van der Waals surface area contributed by atoms with E-state index >= 15 is 0 Å². The predicted octanol–water partition coefficient (Wildman–Crippen LogP) is 1.77. The monoisotopic (exact) mass is 363 g/mol. The van der Waals surface area contributed by atoms with Crippen LogP contribution in [0.15, 0.2) is 60.3 Å². The van der Waals surface area contributed by atoms with E-state index in [1.54, 1.807) is 24.3 Å². The van der Waals surface area contributed by atoms with E-state index in [0.717, 1.165) is 11.1 Å². The lowest BCUT2D eigenvalue weighted by Gasteiger charge is -2.19. The number of primary amides is 1. The van der Waals surface area contributed by atoms with E-state index in [4.69, 9.17) is 11.5 Å². The number of hydrogen-bond donors (Lipinski definition) is 3. The third kappa shape index (κ3) is 4.49. The Kier molecular flexibility index (Phi) is 5.91. The van der Waals surface area contributed by atoms with E-state index in [0.29, 0.717) is 11.4 Å². The molecule has 0 fully saturated rings. The number of nitrogens with two attached hydrogens (primary N) is 2. The van der Waals surface area contributed by atoms with Crippen molar-refractivity contribution in [2.75, 3.05) is 16.0 Å². The second kappa shape index (κ2) is 8.31. The number of carbonyl (C=O) groups is 3. The zero-order valence-electron chi connectivity index (χ0n) is 14.5. The molecule has 0 heterocycles. The Labute approximate surface area is 155 Å². The summed E-state index contributed by atoms with van der Waals surface area (Å²) in [5.74, 6) is -2.05. The predicted molar refractivity (Wildman–Crippen MR) is 101 cm³/mol. The Bertz CT molecular complexity index is 958. The average Bonchev–Trinajstić information content (AvgIpc) is 2.64.